The third-order valence-corrected chi connectivity index (χ3v) is 7.58. The zero-order chi connectivity index (χ0) is 22.8. The summed E-state index contributed by atoms with van der Waals surface area (Å²) in [7, 11) is 0. The Hall–Kier alpha value is -2.56. The van der Waals surface area contributed by atoms with Gasteiger partial charge in [-0.25, -0.2) is 9.98 Å². The van der Waals surface area contributed by atoms with Gasteiger partial charge in [-0.3, -0.25) is 9.79 Å². The highest BCUT2D eigenvalue weighted by Crippen LogP contribution is 2.32. The largest absolute Gasteiger partial charge is 0.370 e. The molecule has 9 nitrogen and oxygen atoms in total. The number of hydrogen-bond donors (Lipinski definition) is 4. The Labute approximate surface area is 197 Å². The van der Waals surface area contributed by atoms with Crippen molar-refractivity contribution in [1.82, 2.24) is 25.8 Å². The molecule has 176 valence electrons. The number of benzene rings is 1. The van der Waals surface area contributed by atoms with Crippen molar-refractivity contribution in [2.24, 2.45) is 9.98 Å². The predicted molar refractivity (Wildman–Crippen MR) is 131 cm³/mol. The molecule has 3 atom stereocenters. The van der Waals surface area contributed by atoms with Crippen molar-refractivity contribution in [3.8, 4) is 0 Å². The molecule has 10 heteroatoms. The number of hydrogen-bond acceptors (Lipinski definition) is 8. The number of piperidine rings is 2. The Morgan fingerprint density at radius 3 is 2.82 bits per heavy atom. The lowest BCUT2D eigenvalue weighted by Gasteiger charge is -2.38. The Bertz CT molecular complexity index is 1020. The number of aliphatic hydroxyl groups excluding tert-OH is 1. The van der Waals surface area contributed by atoms with E-state index in [1.165, 1.54) is 0 Å². The Morgan fingerprint density at radius 2 is 2.09 bits per heavy atom. The average molecular weight is 470 g/mol. The molecule has 0 saturated carbocycles. The number of para-hydroxylation sites is 1. The third kappa shape index (κ3) is 5.02. The summed E-state index contributed by atoms with van der Waals surface area (Å²) < 4.78 is 1.09. The molecule has 2 fully saturated rings. The summed E-state index contributed by atoms with van der Waals surface area (Å²) >= 11 is 1.59. The summed E-state index contributed by atoms with van der Waals surface area (Å²) in [6, 6.07) is 8.37. The SMILES string of the molecule is CC(=O)NC1CCN(C2=NC(O)C(c3nc4ccccc4s3)C(=NC3CCCNC3)N2)CC1. The fourth-order valence-corrected chi connectivity index (χ4v) is 5.86. The second kappa shape index (κ2) is 9.74. The van der Waals surface area contributed by atoms with Gasteiger partial charge in [-0.1, -0.05) is 12.1 Å². The van der Waals surface area contributed by atoms with Crippen LogP contribution < -0.4 is 16.0 Å². The zero-order valence-corrected chi connectivity index (χ0v) is 19.6. The summed E-state index contributed by atoms with van der Waals surface area (Å²) in [4.78, 5) is 28.0. The maximum Gasteiger partial charge on any atom is 0.217 e. The third-order valence-electron chi connectivity index (χ3n) is 6.46. The number of nitrogens with one attached hydrogen (secondary N) is 3. The van der Waals surface area contributed by atoms with Crippen LogP contribution in [0.5, 0.6) is 0 Å². The Kier molecular flexibility index (Phi) is 6.57. The second-order valence-electron chi connectivity index (χ2n) is 8.97. The van der Waals surface area contributed by atoms with Crippen LogP contribution in [0.2, 0.25) is 0 Å². The molecular formula is C23H31N7O2S. The number of guanidine groups is 1. The van der Waals surface area contributed by atoms with Crippen LogP contribution in [0, 0.1) is 0 Å². The molecule has 2 saturated heterocycles. The molecule has 3 aliphatic rings. The number of fused-ring (bicyclic) bond motifs is 1. The van der Waals surface area contributed by atoms with Crippen molar-refractivity contribution >= 4 is 39.3 Å². The van der Waals surface area contributed by atoms with E-state index in [9.17, 15) is 9.90 Å². The van der Waals surface area contributed by atoms with E-state index in [-0.39, 0.29) is 18.0 Å². The standard InChI is InChI=1S/C23H31N7O2S/c1-14(31)25-15-8-11-30(12-9-15)23-28-20(26-16-5-4-10-24-13-16)19(21(32)29-23)22-27-17-6-2-3-7-18(17)33-22/h2-3,6-7,15-16,19,21,24,32H,4-5,8-13H2,1H3,(H,25,31)(H,26,28,29). The lowest BCUT2D eigenvalue weighted by molar-refractivity contribution is -0.119. The topological polar surface area (TPSA) is 114 Å². The number of thiazole rings is 1. The van der Waals surface area contributed by atoms with E-state index in [1.807, 2.05) is 18.2 Å². The summed E-state index contributed by atoms with van der Waals surface area (Å²) in [6.07, 6.45) is 2.85. The molecule has 0 aliphatic carbocycles. The molecule has 0 bridgehead atoms. The van der Waals surface area contributed by atoms with Gasteiger partial charge < -0.3 is 26.0 Å². The normalized spacial score (nSPS) is 27.9. The van der Waals surface area contributed by atoms with E-state index in [2.05, 4.69) is 31.9 Å². The molecule has 5 rings (SSSR count). The molecule has 1 aromatic carbocycles. The highest BCUT2D eigenvalue weighted by Gasteiger charge is 2.37. The first kappa shape index (κ1) is 22.2. The first-order chi connectivity index (χ1) is 16.1. The van der Waals surface area contributed by atoms with Crippen molar-refractivity contribution in [2.45, 2.75) is 56.8 Å². The van der Waals surface area contributed by atoms with Crippen molar-refractivity contribution in [2.75, 3.05) is 26.2 Å². The van der Waals surface area contributed by atoms with Crippen LogP contribution in [0.3, 0.4) is 0 Å². The van der Waals surface area contributed by atoms with Gasteiger partial charge in [-0.2, -0.15) is 0 Å². The molecule has 0 radical (unpaired) electrons. The fraction of sp³-hybridized carbons (Fsp3) is 0.565. The minimum absolute atomic E-state index is 0.00573. The summed E-state index contributed by atoms with van der Waals surface area (Å²) in [5.41, 5.74) is 0.929. The van der Waals surface area contributed by atoms with Crippen molar-refractivity contribution in [3.63, 3.8) is 0 Å². The smallest absolute Gasteiger partial charge is 0.217 e. The lowest BCUT2D eigenvalue weighted by atomic mass is 10.0. The van der Waals surface area contributed by atoms with E-state index >= 15 is 0 Å². The quantitative estimate of drug-likeness (QED) is 0.541. The fourth-order valence-electron chi connectivity index (χ4n) is 4.77. The number of amidine groups is 1. The van der Waals surface area contributed by atoms with Crippen molar-refractivity contribution < 1.29 is 9.90 Å². The maximum atomic E-state index is 11.4. The first-order valence-corrected chi connectivity index (χ1v) is 12.6. The van der Waals surface area contributed by atoms with Gasteiger partial charge in [0.2, 0.25) is 11.9 Å². The Balaban J connectivity index is 1.41. The van der Waals surface area contributed by atoms with E-state index < -0.39 is 12.1 Å². The summed E-state index contributed by atoms with van der Waals surface area (Å²) in [5.74, 6) is 0.990. The first-order valence-electron chi connectivity index (χ1n) is 11.8. The highest BCUT2D eigenvalue weighted by atomic mass is 32.1. The van der Waals surface area contributed by atoms with Crippen LogP contribution in [0.4, 0.5) is 0 Å². The number of aromatic nitrogens is 1. The predicted octanol–water partition coefficient (Wildman–Crippen LogP) is 1.41. The van der Waals surface area contributed by atoms with Crippen LogP contribution in [-0.2, 0) is 4.79 Å². The van der Waals surface area contributed by atoms with Gasteiger partial charge in [0.1, 0.15) is 16.8 Å². The number of rotatable bonds is 3. The molecule has 0 spiro atoms. The molecule has 3 aliphatic heterocycles. The highest BCUT2D eigenvalue weighted by molar-refractivity contribution is 7.18. The van der Waals surface area contributed by atoms with Crippen LogP contribution in [0.25, 0.3) is 10.2 Å². The van der Waals surface area contributed by atoms with Crippen molar-refractivity contribution in [3.05, 3.63) is 29.3 Å². The van der Waals surface area contributed by atoms with Crippen LogP contribution in [0.15, 0.2) is 34.3 Å². The van der Waals surface area contributed by atoms with Gasteiger partial charge in [-0.15, -0.1) is 11.3 Å². The number of nitrogens with zero attached hydrogens (tertiary/aromatic N) is 4. The average Bonchev–Trinajstić information content (AvgIpc) is 3.23. The number of carbonyl (C=O) groups excluding carboxylic acids is 1. The number of amides is 1. The van der Waals surface area contributed by atoms with Gasteiger partial charge in [-0.05, 0) is 44.4 Å². The number of aliphatic hydroxyl groups is 1. The van der Waals surface area contributed by atoms with Gasteiger partial charge in [0.05, 0.1) is 16.3 Å². The lowest BCUT2D eigenvalue weighted by Crippen LogP contribution is -2.55. The van der Waals surface area contributed by atoms with Gasteiger partial charge >= 0.3 is 0 Å². The van der Waals surface area contributed by atoms with Gasteiger partial charge in [0.25, 0.3) is 0 Å². The van der Waals surface area contributed by atoms with E-state index in [1.54, 1.807) is 18.3 Å². The van der Waals surface area contributed by atoms with E-state index in [0.29, 0.717) is 5.96 Å². The molecule has 3 unspecified atom stereocenters. The van der Waals surface area contributed by atoms with Gasteiger partial charge in [0, 0.05) is 32.6 Å². The molecule has 1 aromatic heterocycles. The molecule has 2 aromatic rings. The Morgan fingerprint density at radius 1 is 1.27 bits per heavy atom. The summed E-state index contributed by atoms with van der Waals surface area (Å²) in [5, 5.41) is 21.9. The number of carbonyl (C=O) groups is 1. The molecule has 33 heavy (non-hydrogen) atoms. The van der Waals surface area contributed by atoms with Crippen LogP contribution >= 0.6 is 11.3 Å². The monoisotopic (exact) mass is 469 g/mol. The van der Waals surface area contributed by atoms with E-state index in [0.717, 1.165) is 72.9 Å². The second-order valence-corrected chi connectivity index (χ2v) is 10.0. The zero-order valence-electron chi connectivity index (χ0n) is 18.8. The molecule has 4 heterocycles. The number of aliphatic imine (C=N–C) groups is 2. The van der Waals surface area contributed by atoms with Crippen LogP contribution in [-0.4, -0.2) is 77.2 Å². The minimum Gasteiger partial charge on any atom is -0.370 e. The number of likely N-dealkylation sites (tertiary alicyclic amines) is 1. The molecular weight excluding hydrogens is 438 g/mol. The minimum atomic E-state index is -0.954. The van der Waals surface area contributed by atoms with Gasteiger partial charge in [0.15, 0.2) is 6.23 Å². The molecule has 1 amide bonds. The van der Waals surface area contributed by atoms with Crippen molar-refractivity contribution in [1.29, 1.82) is 0 Å². The van der Waals surface area contributed by atoms with E-state index in [4.69, 9.17) is 9.98 Å². The molecule has 4 N–H and O–H groups in total. The maximum absolute atomic E-state index is 11.4. The summed E-state index contributed by atoms with van der Waals surface area (Å²) in [6.45, 7) is 4.93. The van der Waals surface area contributed by atoms with Crippen LogP contribution in [0.1, 0.15) is 43.5 Å².